The van der Waals surface area contributed by atoms with Crippen LogP contribution in [0.15, 0.2) is 28.7 Å². The Hall–Kier alpha value is -1.95. The van der Waals surface area contributed by atoms with Gasteiger partial charge < -0.3 is 15.1 Å². The molecule has 20 heavy (non-hydrogen) atoms. The van der Waals surface area contributed by atoms with E-state index < -0.39 is 0 Å². The average molecular weight is 278 g/mol. The van der Waals surface area contributed by atoms with Gasteiger partial charge in [0.15, 0.2) is 0 Å². The summed E-state index contributed by atoms with van der Waals surface area (Å²) in [6, 6.07) is 7.10. The van der Waals surface area contributed by atoms with Gasteiger partial charge in [-0.3, -0.25) is 0 Å². The van der Waals surface area contributed by atoms with Crippen molar-refractivity contribution in [3.05, 3.63) is 41.5 Å². The Kier molecular flexibility index (Phi) is 5.49. The predicted molar refractivity (Wildman–Crippen MR) is 74.9 cm³/mol. The molecule has 0 bridgehead atoms. The van der Waals surface area contributed by atoms with Crippen molar-refractivity contribution in [2.24, 2.45) is 0 Å². The van der Waals surface area contributed by atoms with E-state index in [4.69, 9.17) is 4.42 Å². The number of hydrogen-bond donors (Lipinski definition) is 2. The van der Waals surface area contributed by atoms with Crippen molar-refractivity contribution >= 4 is 6.01 Å². The molecule has 0 unspecified atom stereocenters. The zero-order valence-electron chi connectivity index (χ0n) is 11.5. The number of nitrogens with one attached hydrogen (secondary N) is 2. The normalized spacial score (nSPS) is 10.7. The first kappa shape index (κ1) is 14.5. The van der Waals surface area contributed by atoms with Crippen LogP contribution < -0.4 is 10.6 Å². The minimum Gasteiger partial charge on any atom is -0.407 e. The molecule has 108 valence electrons. The van der Waals surface area contributed by atoms with Crippen LogP contribution in [0.3, 0.4) is 0 Å². The van der Waals surface area contributed by atoms with Gasteiger partial charge >= 0.3 is 6.01 Å². The molecule has 0 atom stereocenters. The second kappa shape index (κ2) is 7.59. The van der Waals surface area contributed by atoms with Gasteiger partial charge in [0.1, 0.15) is 5.82 Å². The van der Waals surface area contributed by atoms with Crippen LogP contribution in [0, 0.1) is 5.82 Å². The van der Waals surface area contributed by atoms with Crippen LogP contribution in [0.5, 0.6) is 0 Å². The lowest BCUT2D eigenvalue weighted by Gasteiger charge is -2.03. The van der Waals surface area contributed by atoms with E-state index >= 15 is 0 Å². The largest absolute Gasteiger partial charge is 0.407 e. The van der Waals surface area contributed by atoms with E-state index in [1.165, 1.54) is 6.07 Å². The van der Waals surface area contributed by atoms with E-state index in [0.29, 0.717) is 37.0 Å². The Morgan fingerprint density at radius 3 is 2.85 bits per heavy atom. The van der Waals surface area contributed by atoms with Gasteiger partial charge in [-0.1, -0.05) is 30.2 Å². The molecule has 6 heteroatoms. The van der Waals surface area contributed by atoms with Crippen molar-refractivity contribution in [1.29, 1.82) is 0 Å². The molecule has 0 fully saturated rings. The third kappa shape index (κ3) is 4.31. The number of benzene rings is 1. The lowest BCUT2D eigenvalue weighted by molar-refractivity contribution is 0.477. The highest BCUT2D eigenvalue weighted by atomic mass is 19.1. The summed E-state index contributed by atoms with van der Waals surface area (Å²) in [6.45, 7) is 4.12. The van der Waals surface area contributed by atoms with Crippen molar-refractivity contribution in [1.82, 2.24) is 15.5 Å². The molecule has 0 radical (unpaired) electrons. The SMILES string of the molecule is CCCNCc1nnc(NCCc2ccccc2F)o1. The zero-order valence-corrected chi connectivity index (χ0v) is 11.5. The van der Waals surface area contributed by atoms with Crippen LogP contribution in [0.25, 0.3) is 0 Å². The molecule has 0 saturated heterocycles. The van der Waals surface area contributed by atoms with Gasteiger partial charge in [0.25, 0.3) is 0 Å². The molecule has 2 rings (SSSR count). The standard InChI is InChI=1S/C14H19FN4O/c1-2-8-16-10-13-18-19-14(20-13)17-9-7-11-5-3-4-6-12(11)15/h3-6,16H,2,7-10H2,1H3,(H,17,19). The molecule has 0 aliphatic carbocycles. The van der Waals surface area contributed by atoms with Crippen molar-refractivity contribution in [2.45, 2.75) is 26.3 Å². The summed E-state index contributed by atoms with van der Waals surface area (Å²) in [5, 5.41) is 14.0. The van der Waals surface area contributed by atoms with Crippen molar-refractivity contribution in [3.8, 4) is 0 Å². The molecule has 0 spiro atoms. The molecule has 0 aliphatic heterocycles. The molecule has 0 aliphatic rings. The van der Waals surface area contributed by atoms with Crippen LogP contribution in [0.2, 0.25) is 0 Å². The highest BCUT2D eigenvalue weighted by Crippen LogP contribution is 2.09. The fourth-order valence-electron chi connectivity index (χ4n) is 1.77. The average Bonchev–Trinajstić information content (AvgIpc) is 2.89. The Morgan fingerprint density at radius 2 is 2.05 bits per heavy atom. The molecule has 1 aromatic heterocycles. The number of nitrogens with zero attached hydrogens (tertiary/aromatic N) is 2. The fourth-order valence-corrected chi connectivity index (χ4v) is 1.77. The lowest BCUT2D eigenvalue weighted by Crippen LogP contribution is -2.13. The van der Waals surface area contributed by atoms with E-state index in [2.05, 4.69) is 27.8 Å². The molecular weight excluding hydrogens is 259 g/mol. The minimum atomic E-state index is -0.190. The Morgan fingerprint density at radius 1 is 1.20 bits per heavy atom. The third-order valence-electron chi connectivity index (χ3n) is 2.80. The van der Waals surface area contributed by atoms with Crippen molar-refractivity contribution in [2.75, 3.05) is 18.4 Å². The molecule has 0 amide bonds. The Balaban J connectivity index is 1.75. The Bertz CT molecular complexity index is 529. The molecule has 2 N–H and O–H groups in total. The van der Waals surface area contributed by atoms with E-state index in [9.17, 15) is 4.39 Å². The first-order valence-electron chi connectivity index (χ1n) is 6.80. The number of halogens is 1. The molecule has 2 aromatic rings. The van der Waals surface area contributed by atoms with Crippen LogP contribution in [-0.2, 0) is 13.0 Å². The number of aromatic nitrogens is 2. The summed E-state index contributed by atoms with van der Waals surface area (Å²) in [5.41, 5.74) is 0.671. The van der Waals surface area contributed by atoms with Gasteiger partial charge in [-0.2, -0.15) is 0 Å². The van der Waals surface area contributed by atoms with E-state index in [0.717, 1.165) is 13.0 Å². The summed E-state index contributed by atoms with van der Waals surface area (Å²) in [4.78, 5) is 0. The lowest BCUT2D eigenvalue weighted by atomic mass is 10.1. The zero-order chi connectivity index (χ0) is 14.2. The highest BCUT2D eigenvalue weighted by molar-refractivity contribution is 5.21. The van der Waals surface area contributed by atoms with E-state index in [1.807, 2.05) is 6.07 Å². The number of anilines is 1. The van der Waals surface area contributed by atoms with E-state index in [1.54, 1.807) is 12.1 Å². The van der Waals surface area contributed by atoms with Crippen molar-refractivity contribution < 1.29 is 8.81 Å². The second-order valence-corrected chi connectivity index (χ2v) is 4.45. The van der Waals surface area contributed by atoms with Gasteiger partial charge in [0.2, 0.25) is 5.89 Å². The Labute approximate surface area is 117 Å². The van der Waals surface area contributed by atoms with Crippen LogP contribution >= 0.6 is 0 Å². The van der Waals surface area contributed by atoms with Crippen LogP contribution in [-0.4, -0.2) is 23.3 Å². The molecular formula is C14H19FN4O. The van der Waals surface area contributed by atoms with Gasteiger partial charge in [-0.05, 0) is 31.0 Å². The predicted octanol–water partition coefficient (Wildman–Crippen LogP) is 2.36. The first-order valence-corrected chi connectivity index (χ1v) is 6.80. The monoisotopic (exact) mass is 278 g/mol. The summed E-state index contributed by atoms with van der Waals surface area (Å²) in [6.07, 6.45) is 1.63. The summed E-state index contributed by atoms with van der Waals surface area (Å²) < 4.78 is 18.8. The fraction of sp³-hybridized carbons (Fsp3) is 0.429. The third-order valence-corrected chi connectivity index (χ3v) is 2.80. The van der Waals surface area contributed by atoms with Gasteiger partial charge in [0.05, 0.1) is 6.54 Å². The van der Waals surface area contributed by atoms with Crippen molar-refractivity contribution in [3.63, 3.8) is 0 Å². The molecule has 0 saturated carbocycles. The second-order valence-electron chi connectivity index (χ2n) is 4.45. The van der Waals surface area contributed by atoms with Crippen LogP contribution in [0.1, 0.15) is 24.8 Å². The topological polar surface area (TPSA) is 63.0 Å². The van der Waals surface area contributed by atoms with E-state index in [-0.39, 0.29) is 5.82 Å². The maximum absolute atomic E-state index is 13.4. The highest BCUT2D eigenvalue weighted by Gasteiger charge is 2.05. The quantitative estimate of drug-likeness (QED) is 0.726. The van der Waals surface area contributed by atoms with Gasteiger partial charge in [0, 0.05) is 6.54 Å². The first-order chi connectivity index (χ1) is 9.79. The van der Waals surface area contributed by atoms with Gasteiger partial charge in [-0.25, -0.2) is 4.39 Å². The summed E-state index contributed by atoms with van der Waals surface area (Å²) in [5.74, 6) is 0.358. The van der Waals surface area contributed by atoms with Crippen LogP contribution in [0.4, 0.5) is 10.4 Å². The number of hydrogen-bond acceptors (Lipinski definition) is 5. The maximum Gasteiger partial charge on any atom is 0.315 e. The summed E-state index contributed by atoms with van der Waals surface area (Å²) in [7, 11) is 0. The molecule has 1 aromatic carbocycles. The number of rotatable bonds is 8. The molecule has 1 heterocycles. The maximum atomic E-state index is 13.4. The van der Waals surface area contributed by atoms with Gasteiger partial charge in [-0.15, -0.1) is 5.10 Å². The minimum absolute atomic E-state index is 0.190. The summed E-state index contributed by atoms with van der Waals surface area (Å²) >= 11 is 0. The molecule has 5 nitrogen and oxygen atoms in total. The smallest absolute Gasteiger partial charge is 0.315 e.